The second-order valence-corrected chi connectivity index (χ2v) is 6.38. The Hall–Kier alpha value is -3.67. The first-order chi connectivity index (χ1) is 13.5. The number of nitrogens with zero attached hydrogens (tertiary/aromatic N) is 1. The minimum absolute atomic E-state index is 0.0120. The van der Waals surface area contributed by atoms with Crippen LogP contribution in [0.4, 0.5) is 17.1 Å². The van der Waals surface area contributed by atoms with Gasteiger partial charge in [-0.1, -0.05) is 18.2 Å². The minimum atomic E-state index is -0.294. The highest BCUT2D eigenvalue weighted by molar-refractivity contribution is 6.05. The summed E-state index contributed by atoms with van der Waals surface area (Å²) < 4.78 is 5.30. The fourth-order valence-corrected chi connectivity index (χ4v) is 2.73. The molecule has 0 aliphatic rings. The Bertz CT molecular complexity index is 1030. The van der Waals surface area contributed by atoms with Crippen LogP contribution < -0.4 is 15.4 Å². The molecule has 0 aliphatic heterocycles. The van der Waals surface area contributed by atoms with Gasteiger partial charge in [-0.25, -0.2) is 0 Å². The van der Waals surface area contributed by atoms with Gasteiger partial charge in [0.25, 0.3) is 5.91 Å². The van der Waals surface area contributed by atoms with Crippen LogP contribution in [0.25, 0.3) is 0 Å². The van der Waals surface area contributed by atoms with Crippen molar-refractivity contribution in [3.63, 3.8) is 0 Å². The first kappa shape index (κ1) is 19.1. The highest BCUT2D eigenvalue weighted by Crippen LogP contribution is 2.26. The smallest absolute Gasteiger partial charge is 0.257 e. The molecule has 0 atom stereocenters. The standard InChI is InChI=1S/C22H21N3O3/c1-14-7-8-21(28-3)20(9-14)25-22(27)17-11-19(13-23-12-17)24-18-6-4-5-16(10-18)15(2)26/h4-13,24H,1-3H3,(H,25,27). The van der Waals surface area contributed by atoms with Gasteiger partial charge >= 0.3 is 0 Å². The van der Waals surface area contributed by atoms with E-state index in [-0.39, 0.29) is 11.7 Å². The lowest BCUT2D eigenvalue weighted by Gasteiger charge is -2.12. The Balaban J connectivity index is 1.79. The Labute approximate surface area is 163 Å². The highest BCUT2D eigenvalue weighted by atomic mass is 16.5. The van der Waals surface area contributed by atoms with E-state index >= 15 is 0 Å². The molecule has 2 N–H and O–H groups in total. The number of Topliss-reactive ketones (excluding diaryl/α,β-unsaturated/α-hetero) is 1. The second kappa shape index (κ2) is 8.35. The average molecular weight is 375 g/mol. The number of methoxy groups -OCH3 is 1. The molecule has 0 saturated carbocycles. The van der Waals surface area contributed by atoms with E-state index in [2.05, 4.69) is 15.6 Å². The van der Waals surface area contributed by atoms with Gasteiger partial charge in [0, 0.05) is 17.4 Å². The van der Waals surface area contributed by atoms with E-state index in [1.54, 1.807) is 37.6 Å². The predicted octanol–water partition coefficient (Wildman–Crippen LogP) is 4.60. The van der Waals surface area contributed by atoms with Gasteiger partial charge in [-0.3, -0.25) is 14.6 Å². The molecule has 3 aromatic rings. The number of nitrogens with one attached hydrogen (secondary N) is 2. The van der Waals surface area contributed by atoms with Gasteiger partial charge in [0.1, 0.15) is 5.75 Å². The summed E-state index contributed by atoms with van der Waals surface area (Å²) in [5.41, 5.74) is 4.00. The average Bonchev–Trinajstić information content (AvgIpc) is 2.68. The van der Waals surface area contributed by atoms with Gasteiger partial charge in [0.05, 0.1) is 30.2 Å². The Kier molecular flexibility index (Phi) is 5.69. The van der Waals surface area contributed by atoms with Crippen LogP contribution in [0, 0.1) is 6.92 Å². The van der Waals surface area contributed by atoms with E-state index in [1.807, 2.05) is 31.2 Å². The van der Waals surface area contributed by atoms with E-state index in [0.717, 1.165) is 11.3 Å². The van der Waals surface area contributed by atoms with Gasteiger partial charge in [-0.2, -0.15) is 0 Å². The van der Waals surface area contributed by atoms with Crippen LogP contribution in [0.3, 0.4) is 0 Å². The zero-order valence-electron chi connectivity index (χ0n) is 15.9. The predicted molar refractivity (Wildman–Crippen MR) is 110 cm³/mol. The molecular weight excluding hydrogens is 354 g/mol. The molecule has 2 aromatic carbocycles. The summed E-state index contributed by atoms with van der Waals surface area (Å²) in [4.78, 5) is 28.3. The Morgan fingerprint density at radius 2 is 1.75 bits per heavy atom. The number of benzene rings is 2. The molecule has 0 fully saturated rings. The summed E-state index contributed by atoms with van der Waals surface area (Å²) in [5, 5.41) is 6.03. The van der Waals surface area contributed by atoms with E-state index < -0.39 is 0 Å². The molecule has 28 heavy (non-hydrogen) atoms. The number of carbonyl (C=O) groups excluding carboxylic acids is 2. The maximum absolute atomic E-state index is 12.7. The SMILES string of the molecule is COc1ccc(C)cc1NC(=O)c1cncc(Nc2cccc(C(C)=O)c2)c1. The van der Waals surface area contributed by atoms with Crippen molar-refractivity contribution in [3.8, 4) is 5.75 Å². The van der Waals surface area contributed by atoms with Gasteiger partial charge in [0.15, 0.2) is 5.78 Å². The summed E-state index contributed by atoms with van der Waals surface area (Å²) >= 11 is 0. The zero-order valence-corrected chi connectivity index (χ0v) is 15.9. The van der Waals surface area contributed by atoms with Crippen molar-refractivity contribution < 1.29 is 14.3 Å². The largest absolute Gasteiger partial charge is 0.495 e. The molecule has 0 bridgehead atoms. The lowest BCUT2D eigenvalue weighted by Crippen LogP contribution is -2.13. The third kappa shape index (κ3) is 4.54. The van der Waals surface area contributed by atoms with Gasteiger partial charge in [-0.05, 0) is 49.7 Å². The number of ketones is 1. The molecule has 0 radical (unpaired) electrons. The normalized spacial score (nSPS) is 10.2. The van der Waals surface area contributed by atoms with E-state index in [0.29, 0.717) is 28.3 Å². The first-order valence-corrected chi connectivity index (χ1v) is 8.75. The number of pyridine rings is 1. The van der Waals surface area contributed by atoms with Crippen LogP contribution >= 0.6 is 0 Å². The van der Waals surface area contributed by atoms with Crippen molar-refractivity contribution in [1.82, 2.24) is 4.98 Å². The van der Waals surface area contributed by atoms with Crippen LogP contribution in [0.1, 0.15) is 33.2 Å². The number of aromatic nitrogens is 1. The highest BCUT2D eigenvalue weighted by Gasteiger charge is 2.11. The maximum Gasteiger partial charge on any atom is 0.257 e. The summed E-state index contributed by atoms with van der Waals surface area (Å²) in [6.45, 7) is 3.46. The molecule has 0 aliphatic carbocycles. The molecule has 6 nitrogen and oxygen atoms in total. The number of aryl methyl sites for hydroxylation is 1. The summed E-state index contributed by atoms with van der Waals surface area (Å²) in [5.74, 6) is 0.279. The molecule has 1 aromatic heterocycles. The van der Waals surface area contributed by atoms with Gasteiger partial charge < -0.3 is 15.4 Å². The number of amides is 1. The monoisotopic (exact) mass is 375 g/mol. The number of rotatable bonds is 6. The zero-order chi connectivity index (χ0) is 20.1. The van der Waals surface area contributed by atoms with Crippen molar-refractivity contribution >= 4 is 28.8 Å². The third-order valence-corrected chi connectivity index (χ3v) is 4.16. The van der Waals surface area contributed by atoms with E-state index in [9.17, 15) is 9.59 Å². The lowest BCUT2D eigenvalue weighted by atomic mass is 10.1. The Morgan fingerprint density at radius 1 is 0.964 bits per heavy atom. The topological polar surface area (TPSA) is 80.3 Å². The quantitative estimate of drug-likeness (QED) is 0.616. The molecule has 142 valence electrons. The van der Waals surface area contributed by atoms with Gasteiger partial charge in [0.2, 0.25) is 0 Å². The fraction of sp³-hybridized carbons (Fsp3) is 0.136. The molecule has 0 unspecified atom stereocenters. The maximum atomic E-state index is 12.7. The number of ether oxygens (including phenoxy) is 1. The summed E-state index contributed by atoms with van der Waals surface area (Å²) in [7, 11) is 1.56. The number of hydrogen-bond donors (Lipinski definition) is 2. The molecule has 0 saturated heterocycles. The molecule has 1 amide bonds. The molecule has 1 heterocycles. The molecular formula is C22H21N3O3. The van der Waals surface area contributed by atoms with Crippen molar-refractivity contribution in [3.05, 3.63) is 77.6 Å². The van der Waals surface area contributed by atoms with Crippen molar-refractivity contribution in [2.24, 2.45) is 0 Å². The van der Waals surface area contributed by atoms with Crippen LogP contribution in [-0.2, 0) is 0 Å². The van der Waals surface area contributed by atoms with E-state index in [4.69, 9.17) is 4.74 Å². The van der Waals surface area contributed by atoms with Crippen molar-refractivity contribution in [2.45, 2.75) is 13.8 Å². The number of carbonyl (C=O) groups is 2. The second-order valence-electron chi connectivity index (χ2n) is 6.38. The number of anilines is 3. The van der Waals surface area contributed by atoms with Crippen LogP contribution in [-0.4, -0.2) is 23.8 Å². The lowest BCUT2D eigenvalue weighted by molar-refractivity contribution is 0.101. The molecule has 0 spiro atoms. The molecule has 6 heteroatoms. The summed E-state index contributed by atoms with van der Waals surface area (Å²) in [6.07, 6.45) is 3.11. The summed E-state index contributed by atoms with van der Waals surface area (Å²) in [6, 6.07) is 14.4. The Morgan fingerprint density at radius 3 is 2.50 bits per heavy atom. The van der Waals surface area contributed by atoms with Crippen molar-refractivity contribution in [2.75, 3.05) is 17.7 Å². The van der Waals surface area contributed by atoms with E-state index in [1.165, 1.54) is 13.1 Å². The molecule has 3 rings (SSSR count). The van der Waals surface area contributed by atoms with Crippen LogP contribution in [0.15, 0.2) is 60.9 Å². The van der Waals surface area contributed by atoms with Crippen LogP contribution in [0.5, 0.6) is 5.75 Å². The minimum Gasteiger partial charge on any atom is -0.495 e. The fourth-order valence-electron chi connectivity index (χ4n) is 2.73. The third-order valence-electron chi connectivity index (χ3n) is 4.16. The van der Waals surface area contributed by atoms with Crippen LogP contribution in [0.2, 0.25) is 0 Å². The number of hydrogen-bond acceptors (Lipinski definition) is 5. The van der Waals surface area contributed by atoms with Crippen molar-refractivity contribution in [1.29, 1.82) is 0 Å². The first-order valence-electron chi connectivity index (χ1n) is 8.75. The van der Waals surface area contributed by atoms with Gasteiger partial charge in [-0.15, -0.1) is 0 Å².